The van der Waals surface area contributed by atoms with Crippen molar-refractivity contribution < 1.29 is 4.39 Å². The molecule has 22 heavy (non-hydrogen) atoms. The molecule has 0 bridgehead atoms. The highest BCUT2D eigenvalue weighted by molar-refractivity contribution is 5.99. The van der Waals surface area contributed by atoms with E-state index in [1.807, 2.05) is 6.92 Å². The Labute approximate surface area is 128 Å². The first-order valence-corrected chi connectivity index (χ1v) is 7.74. The van der Waals surface area contributed by atoms with Gasteiger partial charge in [0.25, 0.3) is 5.56 Å². The number of aromatic nitrogens is 2. The van der Waals surface area contributed by atoms with Crippen molar-refractivity contribution in [3.63, 3.8) is 0 Å². The van der Waals surface area contributed by atoms with Crippen LogP contribution in [0.4, 0.5) is 4.39 Å². The fraction of sp³-hybridized carbons (Fsp3) is 0.412. The van der Waals surface area contributed by atoms with Crippen LogP contribution in [0.2, 0.25) is 0 Å². The van der Waals surface area contributed by atoms with Gasteiger partial charge in [0.1, 0.15) is 5.82 Å². The molecule has 1 N–H and O–H groups in total. The second-order valence-electron chi connectivity index (χ2n) is 5.78. The van der Waals surface area contributed by atoms with Gasteiger partial charge in [-0.2, -0.15) is 0 Å². The molecule has 5 heteroatoms. The lowest BCUT2D eigenvalue weighted by atomic mass is 10.1. The molecule has 0 radical (unpaired) electrons. The van der Waals surface area contributed by atoms with Gasteiger partial charge in [-0.1, -0.05) is 13.3 Å². The number of aliphatic imine (C=N–C) groups is 1. The SMILES string of the molecule is CCCc1[nH]n(-c2ccc(F)cc2)c(=O)c1C(C)=NC1CC1. The minimum absolute atomic E-state index is 0.114. The molecule has 116 valence electrons. The fourth-order valence-electron chi connectivity index (χ4n) is 2.60. The van der Waals surface area contributed by atoms with E-state index in [0.29, 0.717) is 17.3 Å². The first-order chi connectivity index (χ1) is 10.6. The van der Waals surface area contributed by atoms with Crippen molar-refractivity contribution in [3.8, 4) is 5.69 Å². The number of aryl methyl sites for hydroxylation is 1. The maximum atomic E-state index is 13.1. The minimum Gasteiger partial charge on any atom is -0.294 e. The van der Waals surface area contributed by atoms with Gasteiger partial charge in [0, 0.05) is 11.4 Å². The molecule has 1 saturated carbocycles. The fourth-order valence-corrected chi connectivity index (χ4v) is 2.60. The van der Waals surface area contributed by atoms with Crippen molar-refractivity contribution in [1.29, 1.82) is 0 Å². The van der Waals surface area contributed by atoms with Gasteiger partial charge in [-0.05, 0) is 50.5 Å². The van der Waals surface area contributed by atoms with Crippen LogP contribution in [0.15, 0.2) is 34.1 Å². The highest BCUT2D eigenvalue weighted by atomic mass is 19.1. The molecule has 3 rings (SSSR count). The number of rotatable bonds is 5. The van der Waals surface area contributed by atoms with Crippen LogP contribution in [0.3, 0.4) is 0 Å². The highest BCUT2D eigenvalue weighted by Crippen LogP contribution is 2.24. The molecular weight excluding hydrogens is 281 g/mol. The van der Waals surface area contributed by atoms with Gasteiger partial charge >= 0.3 is 0 Å². The van der Waals surface area contributed by atoms with Gasteiger partial charge in [-0.3, -0.25) is 14.9 Å². The molecule has 1 aliphatic rings. The maximum Gasteiger partial charge on any atom is 0.280 e. The molecule has 2 aromatic rings. The number of benzene rings is 1. The standard InChI is InChI=1S/C17H20FN3O/c1-3-4-15-16(11(2)19-13-7-8-13)17(22)21(20-15)14-9-5-12(18)6-10-14/h5-6,9-10,13,20H,3-4,7-8H2,1-2H3. The summed E-state index contributed by atoms with van der Waals surface area (Å²) in [6.45, 7) is 3.97. The largest absolute Gasteiger partial charge is 0.294 e. The van der Waals surface area contributed by atoms with Crippen LogP contribution in [-0.4, -0.2) is 21.5 Å². The number of nitrogens with zero attached hydrogens (tertiary/aromatic N) is 2. The first-order valence-electron chi connectivity index (χ1n) is 7.74. The van der Waals surface area contributed by atoms with Gasteiger partial charge in [0.15, 0.2) is 0 Å². The molecule has 1 aromatic heterocycles. The first kappa shape index (κ1) is 14.8. The lowest BCUT2D eigenvalue weighted by Crippen LogP contribution is -2.20. The molecule has 1 aliphatic carbocycles. The summed E-state index contributed by atoms with van der Waals surface area (Å²) in [4.78, 5) is 17.4. The molecule has 0 amide bonds. The Kier molecular flexibility index (Phi) is 3.96. The smallest absolute Gasteiger partial charge is 0.280 e. The monoisotopic (exact) mass is 301 g/mol. The van der Waals surface area contributed by atoms with Crippen LogP contribution in [0.1, 0.15) is 44.4 Å². The van der Waals surface area contributed by atoms with E-state index < -0.39 is 0 Å². The topological polar surface area (TPSA) is 50.1 Å². The van der Waals surface area contributed by atoms with Crippen molar-refractivity contribution in [2.75, 3.05) is 0 Å². The van der Waals surface area contributed by atoms with Gasteiger partial charge in [0.2, 0.25) is 0 Å². The third-order valence-corrected chi connectivity index (χ3v) is 3.84. The lowest BCUT2D eigenvalue weighted by molar-refractivity contribution is 0.626. The Hall–Kier alpha value is -2.17. The minimum atomic E-state index is -0.316. The number of nitrogens with one attached hydrogen (secondary N) is 1. The van der Waals surface area contributed by atoms with E-state index >= 15 is 0 Å². The summed E-state index contributed by atoms with van der Waals surface area (Å²) in [5, 5.41) is 3.16. The summed E-state index contributed by atoms with van der Waals surface area (Å²) in [7, 11) is 0. The van der Waals surface area contributed by atoms with Crippen LogP contribution >= 0.6 is 0 Å². The molecule has 1 heterocycles. The van der Waals surface area contributed by atoms with Crippen LogP contribution in [-0.2, 0) is 6.42 Å². The summed E-state index contributed by atoms with van der Waals surface area (Å²) < 4.78 is 14.5. The van der Waals surface area contributed by atoms with E-state index in [0.717, 1.165) is 37.1 Å². The van der Waals surface area contributed by atoms with E-state index in [-0.39, 0.29) is 11.4 Å². The molecule has 0 atom stereocenters. The van der Waals surface area contributed by atoms with Crippen LogP contribution in [0.5, 0.6) is 0 Å². The average molecular weight is 301 g/mol. The predicted molar refractivity (Wildman–Crippen MR) is 85.6 cm³/mol. The van der Waals surface area contributed by atoms with Crippen molar-refractivity contribution in [2.45, 2.75) is 45.6 Å². The zero-order valence-electron chi connectivity index (χ0n) is 12.9. The number of halogens is 1. The molecule has 0 spiro atoms. The van der Waals surface area contributed by atoms with Gasteiger partial charge in [0.05, 0.1) is 17.3 Å². The van der Waals surface area contributed by atoms with Crippen LogP contribution < -0.4 is 5.56 Å². The van der Waals surface area contributed by atoms with Crippen LogP contribution in [0, 0.1) is 5.82 Å². The second-order valence-corrected chi connectivity index (χ2v) is 5.78. The third kappa shape index (κ3) is 2.89. The molecule has 0 aliphatic heterocycles. The molecule has 1 aromatic carbocycles. The van der Waals surface area contributed by atoms with E-state index in [4.69, 9.17) is 0 Å². The Morgan fingerprint density at radius 3 is 2.64 bits per heavy atom. The van der Waals surface area contributed by atoms with E-state index in [1.165, 1.54) is 16.8 Å². The molecule has 1 fully saturated rings. The van der Waals surface area contributed by atoms with E-state index in [9.17, 15) is 9.18 Å². The van der Waals surface area contributed by atoms with Crippen molar-refractivity contribution in [3.05, 3.63) is 51.7 Å². The quantitative estimate of drug-likeness (QED) is 0.847. The Morgan fingerprint density at radius 2 is 2.05 bits per heavy atom. The average Bonchev–Trinajstić information content (AvgIpc) is 3.23. The molecule has 4 nitrogen and oxygen atoms in total. The zero-order chi connectivity index (χ0) is 15.7. The summed E-state index contributed by atoms with van der Waals surface area (Å²) in [5.41, 5.74) is 2.89. The van der Waals surface area contributed by atoms with Crippen molar-refractivity contribution >= 4 is 5.71 Å². The predicted octanol–water partition coefficient (Wildman–Crippen LogP) is 3.23. The van der Waals surface area contributed by atoms with E-state index in [2.05, 4.69) is 17.0 Å². The third-order valence-electron chi connectivity index (χ3n) is 3.84. The molecule has 0 unspecified atom stereocenters. The van der Waals surface area contributed by atoms with Gasteiger partial charge in [-0.25, -0.2) is 9.07 Å². The number of hydrogen-bond donors (Lipinski definition) is 1. The summed E-state index contributed by atoms with van der Waals surface area (Å²) >= 11 is 0. The zero-order valence-corrected chi connectivity index (χ0v) is 12.9. The maximum absolute atomic E-state index is 13.1. The normalized spacial score (nSPS) is 15.3. The molecule has 0 saturated heterocycles. The second kappa shape index (κ2) is 5.91. The molecular formula is C17H20FN3O. The highest BCUT2D eigenvalue weighted by Gasteiger charge is 2.23. The number of hydrogen-bond acceptors (Lipinski definition) is 2. The Bertz CT molecular complexity index is 751. The van der Waals surface area contributed by atoms with Crippen molar-refractivity contribution in [2.24, 2.45) is 4.99 Å². The van der Waals surface area contributed by atoms with Gasteiger partial charge in [-0.15, -0.1) is 0 Å². The summed E-state index contributed by atoms with van der Waals surface area (Å²) in [5.74, 6) is -0.316. The Morgan fingerprint density at radius 1 is 1.36 bits per heavy atom. The van der Waals surface area contributed by atoms with Crippen LogP contribution in [0.25, 0.3) is 5.69 Å². The summed E-state index contributed by atoms with van der Waals surface area (Å²) in [6.07, 6.45) is 3.94. The Balaban J connectivity index is 2.08. The number of H-pyrrole nitrogens is 1. The summed E-state index contributed by atoms with van der Waals surface area (Å²) in [6, 6.07) is 6.28. The van der Waals surface area contributed by atoms with E-state index in [1.54, 1.807) is 12.1 Å². The van der Waals surface area contributed by atoms with Gasteiger partial charge < -0.3 is 0 Å². The number of aromatic amines is 1. The van der Waals surface area contributed by atoms with Crippen molar-refractivity contribution in [1.82, 2.24) is 9.78 Å². The lowest BCUT2D eigenvalue weighted by Gasteiger charge is -2.01.